The third kappa shape index (κ3) is 20.5. The average molecular weight is 1440 g/mol. The molecule has 8 aromatic rings. The highest BCUT2D eigenvalue weighted by molar-refractivity contribution is 8.00. The van der Waals surface area contributed by atoms with Crippen molar-refractivity contribution in [2.24, 2.45) is 5.92 Å². The van der Waals surface area contributed by atoms with E-state index in [2.05, 4.69) is 37.2 Å². The number of aliphatic carboxylic acids is 1. The molecule has 9 rings (SSSR count). The minimum absolute atomic E-state index is 0.0717. The summed E-state index contributed by atoms with van der Waals surface area (Å²) in [5.74, 6) is -7.93. The molecule has 8 aromatic carbocycles. The van der Waals surface area contributed by atoms with Crippen molar-refractivity contribution in [3.63, 3.8) is 0 Å². The maximum absolute atomic E-state index is 15.8. The zero-order valence-corrected chi connectivity index (χ0v) is 61.5. The van der Waals surface area contributed by atoms with Gasteiger partial charge in [-0.15, -0.1) is 11.8 Å². The van der Waals surface area contributed by atoms with Crippen molar-refractivity contribution in [2.45, 2.75) is 145 Å². The van der Waals surface area contributed by atoms with Crippen LogP contribution in [0.5, 0.6) is 0 Å². The number of carboxylic acids is 1. The van der Waals surface area contributed by atoms with Gasteiger partial charge in [0.2, 0.25) is 35.4 Å². The van der Waals surface area contributed by atoms with Crippen LogP contribution in [0.4, 0.5) is 4.79 Å². The van der Waals surface area contributed by atoms with E-state index < -0.39 is 131 Å². The van der Waals surface area contributed by atoms with Crippen molar-refractivity contribution < 1.29 is 62.8 Å². The fraction of sp³-hybridized carbons (Fsp3) is 0.333. The molecule has 0 saturated carbocycles. The average Bonchev–Trinajstić information content (AvgIpc) is 1.76. The van der Waals surface area contributed by atoms with Gasteiger partial charge in [-0.3, -0.25) is 28.8 Å². The monoisotopic (exact) mass is 1440 g/mol. The highest BCUT2D eigenvalue weighted by Gasteiger charge is 2.43. The number of carboxylic acid groups (broad SMARTS) is 1. The van der Waals surface area contributed by atoms with E-state index in [0.29, 0.717) is 16.7 Å². The SMILES string of the molecule is CC(C)C[C@H](NC(=O)[C@H](CC(=O)NC(c1ccccc1)(c1ccccc1)c1ccccc1)NC(=O)[C@H](COC(C)(C)C)NC(=O)[C@H](CSC(c1ccccc1)(c1ccccc1)c1ccccc1)NC(=O)OCC1c2ccccc2-c2ccccc21)C(=O)N[C@@H](COC(C)(C)C)C(=O)N[C@H](C(=O)O)[C@@H](C)O. The van der Waals surface area contributed by atoms with Crippen LogP contribution in [0.15, 0.2) is 231 Å². The van der Waals surface area contributed by atoms with Crippen LogP contribution in [0.25, 0.3) is 11.1 Å². The minimum atomic E-state index is -1.85. The number of carbonyl (C=O) groups is 8. The van der Waals surface area contributed by atoms with Crippen molar-refractivity contribution in [1.29, 1.82) is 0 Å². The molecule has 0 spiro atoms. The van der Waals surface area contributed by atoms with Crippen LogP contribution in [0.3, 0.4) is 0 Å². The molecule has 105 heavy (non-hydrogen) atoms. The summed E-state index contributed by atoms with van der Waals surface area (Å²) in [7, 11) is 0. The van der Waals surface area contributed by atoms with E-state index >= 15 is 19.2 Å². The quantitative estimate of drug-likeness (QED) is 0.0173. The summed E-state index contributed by atoms with van der Waals surface area (Å²) >= 11 is 1.37. The minimum Gasteiger partial charge on any atom is -0.480 e. The Morgan fingerprint density at radius 3 is 1.16 bits per heavy atom. The predicted molar refractivity (Wildman–Crippen MR) is 405 cm³/mol. The summed E-state index contributed by atoms with van der Waals surface area (Å²) < 4.78 is 17.4. The molecular formula is C84H95N7O13S. The van der Waals surface area contributed by atoms with Crippen LogP contribution in [0, 0.1) is 5.92 Å². The summed E-state index contributed by atoms with van der Waals surface area (Å²) in [6.45, 7) is 14.0. The second kappa shape index (κ2) is 35.8. The summed E-state index contributed by atoms with van der Waals surface area (Å²) in [5, 5.41) is 39.7. The predicted octanol–water partition coefficient (Wildman–Crippen LogP) is 10.7. The molecule has 9 N–H and O–H groups in total. The maximum Gasteiger partial charge on any atom is 0.407 e. The first kappa shape index (κ1) is 78.7. The third-order valence-corrected chi connectivity index (χ3v) is 19.6. The lowest BCUT2D eigenvalue weighted by Gasteiger charge is -2.37. The van der Waals surface area contributed by atoms with Crippen LogP contribution in [-0.2, 0) is 58.1 Å². The highest BCUT2D eigenvalue weighted by Crippen LogP contribution is 2.49. The molecule has 0 aromatic heterocycles. The van der Waals surface area contributed by atoms with Gasteiger partial charge in [-0.1, -0.05) is 244 Å². The summed E-state index contributed by atoms with van der Waals surface area (Å²) in [6.07, 6.45) is -3.33. The normalized spacial score (nSPS) is 14.3. The van der Waals surface area contributed by atoms with Crippen LogP contribution in [-0.4, -0.2) is 137 Å². The van der Waals surface area contributed by atoms with E-state index in [1.807, 2.05) is 231 Å². The Morgan fingerprint density at radius 2 is 0.771 bits per heavy atom. The van der Waals surface area contributed by atoms with Gasteiger partial charge in [0.05, 0.1) is 41.7 Å². The van der Waals surface area contributed by atoms with Gasteiger partial charge in [-0.2, -0.15) is 0 Å². The Labute approximate surface area is 618 Å². The molecule has 0 unspecified atom stereocenters. The van der Waals surface area contributed by atoms with Crippen molar-refractivity contribution in [3.8, 4) is 11.1 Å². The van der Waals surface area contributed by atoms with E-state index in [0.717, 1.165) is 38.9 Å². The van der Waals surface area contributed by atoms with E-state index in [1.165, 1.54) is 18.7 Å². The second-order valence-electron chi connectivity index (χ2n) is 28.5. The first-order valence-electron chi connectivity index (χ1n) is 35.3. The molecular weight excluding hydrogens is 1350 g/mol. The Hall–Kier alpha value is -10.4. The fourth-order valence-corrected chi connectivity index (χ4v) is 14.4. The Morgan fingerprint density at radius 1 is 0.429 bits per heavy atom. The summed E-state index contributed by atoms with van der Waals surface area (Å²) in [5.41, 5.74) is 5.23. The zero-order valence-electron chi connectivity index (χ0n) is 60.7. The molecule has 0 fully saturated rings. The van der Waals surface area contributed by atoms with Gasteiger partial charge in [-0.25, -0.2) is 9.59 Å². The van der Waals surface area contributed by atoms with Crippen molar-refractivity contribution in [2.75, 3.05) is 25.6 Å². The van der Waals surface area contributed by atoms with Gasteiger partial charge in [0.1, 0.15) is 42.4 Å². The zero-order chi connectivity index (χ0) is 75.5. The molecule has 7 amide bonds. The molecule has 0 heterocycles. The van der Waals surface area contributed by atoms with E-state index in [1.54, 1.807) is 55.4 Å². The lowest BCUT2D eigenvalue weighted by Crippen LogP contribution is -2.62. The number of fused-ring (bicyclic) bond motifs is 3. The number of aliphatic hydroxyl groups excluding tert-OH is 1. The number of alkyl carbamates (subject to hydrolysis) is 1. The molecule has 21 heteroatoms. The maximum atomic E-state index is 15.8. The van der Waals surface area contributed by atoms with Gasteiger partial charge >= 0.3 is 12.1 Å². The van der Waals surface area contributed by atoms with Crippen LogP contribution >= 0.6 is 11.8 Å². The number of carbonyl (C=O) groups excluding carboxylic acids is 7. The van der Waals surface area contributed by atoms with E-state index in [-0.39, 0.29) is 30.6 Å². The number of benzene rings is 8. The first-order valence-corrected chi connectivity index (χ1v) is 36.3. The van der Waals surface area contributed by atoms with E-state index in [9.17, 15) is 29.4 Å². The van der Waals surface area contributed by atoms with Gasteiger partial charge in [0.25, 0.3) is 0 Å². The number of hydrogen-bond acceptors (Lipinski definition) is 13. The second-order valence-corrected chi connectivity index (χ2v) is 29.7. The summed E-state index contributed by atoms with van der Waals surface area (Å²) in [4.78, 5) is 118. The Balaban J connectivity index is 1.09. The number of aliphatic hydroxyl groups is 1. The fourth-order valence-electron chi connectivity index (χ4n) is 12.8. The van der Waals surface area contributed by atoms with Crippen LogP contribution < -0.4 is 37.2 Å². The molecule has 1 aliphatic rings. The standard InChI is InChI=1S/C84H95N7O13S/c1-54(2)48-67(74(94)87-70(52-104-82(7,8)9)77(97)90-73(55(3)92)79(99)100)85-75(95)68(49-72(93)91-83(56-32-16-10-17-33-56,57-34-18-11-19-35-57)58-36-20-12-21-37-58)86-76(96)69(51-103-81(4,5)6)88-78(98)71(89-80(101)102-50-66-64-46-30-28-44-62(64)63-45-29-31-47-65(63)66)53-105-84(59-38-22-13-23-39-59,60-40-24-14-25-41-60)61-42-26-15-27-43-61/h10-47,54-55,66-71,73,92H,48-53H2,1-9H3,(H,85,95)(H,86,96)(H,87,94)(H,88,98)(H,89,101)(H,90,97)(H,91,93)(H,99,100)/t55-,67+,68+,69+,70+,71+,73+/m1/s1. The molecule has 7 atom stereocenters. The Bertz CT molecular complexity index is 4000. The highest BCUT2D eigenvalue weighted by atomic mass is 32.2. The number of thioether (sulfide) groups is 1. The number of hydrogen-bond donors (Lipinski definition) is 9. The summed E-state index contributed by atoms with van der Waals surface area (Å²) in [6, 6.07) is 62.9. The number of nitrogens with one attached hydrogen (secondary N) is 7. The van der Waals surface area contributed by atoms with Crippen molar-refractivity contribution >= 4 is 59.3 Å². The number of rotatable bonds is 33. The van der Waals surface area contributed by atoms with Crippen molar-refractivity contribution in [3.05, 3.63) is 275 Å². The van der Waals surface area contributed by atoms with Gasteiger partial charge in [0.15, 0.2) is 6.04 Å². The molecule has 0 radical (unpaired) electrons. The topological polar surface area (TPSA) is 289 Å². The Kier molecular flexibility index (Phi) is 26.8. The molecule has 0 saturated heterocycles. The first-order chi connectivity index (χ1) is 50.2. The van der Waals surface area contributed by atoms with Crippen LogP contribution in [0.1, 0.15) is 126 Å². The van der Waals surface area contributed by atoms with Crippen LogP contribution in [0.2, 0.25) is 0 Å². The number of amides is 7. The lowest BCUT2D eigenvalue weighted by atomic mass is 9.77. The molecule has 0 aliphatic heterocycles. The van der Waals surface area contributed by atoms with Gasteiger partial charge in [0, 0.05) is 11.7 Å². The van der Waals surface area contributed by atoms with Gasteiger partial charge < -0.3 is 61.6 Å². The number of ether oxygens (including phenoxy) is 3. The smallest absolute Gasteiger partial charge is 0.407 e. The molecule has 0 bridgehead atoms. The van der Waals surface area contributed by atoms with E-state index in [4.69, 9.17) is 14.2 Å². The lowest BCUT2D eigenvalue weighted by molar-refractivity contribution is -0.146. The molecule has 550 valence electrons. The van der Waals surface area contributed by atoms with Gasteiger partial charge in [-0.05, 0) is 116 Å². The largest absolute Gasteiger partial charge is 0.480 e. The molecule has 1 aliphatic carbocycles. The third-order valence-electron chi connectivity index (χ3n) is 17.9. The van der Waals surface area contributed by atoms with Crippen molar-refractivity contribution in [1.82, 2.24) is 37.2 Å². The molecule has 20 nitrogen and oxygen atoms in total.